The summed E-state index contributed by atoms with van der Waals surface area (Å²) in [6, 6.07) is 11.5. The molecule has 0 aliphatic heterocycles. The number of rotatable bonds is 7. The molecule has 0 aliphatic rings. The fourth-order valence-corrected chi connectivity index (χ4v) is 2.70. The molecule has 3 N–H and O–H groups in total. The maximum absolute atomic E-state index is 12.3. The molecule has 0 spiro atoms. The van der Waals surface area contributed by atoms with Crippen LogP contribution < -0.4 is 16.0 Å². The Morgan fingerprint density at radius 3 is 2.43 bits per heavy atom. The number of carbonyl (C=O) groups is 1. The minimum atomic E-state index is -0.0708. The molecular weight excluding hydrogens is 352 g/mol. The third-order valence-corrected chi connectivity index (χ3v) is 4.19. The second-order valence-electron chi connectivity index (χ2n) is 6.63. The van der Waals surface area contributed by atoms with Crippen LogP contribution in [0.4, 0.5) is 17.5 Å². The van der Waals surface area contributed by atoms with E-state index in [-0.39, 0.29) is 5.91 Å². The van der Waals surface area contributed by atoms with E-state index in [1.54, 1.807) is 12.3 Å². The first-order valence-corrected chi connectivity index (χ1v) is 9.12. The molecule has 28 heavy (non-hydrogen) atoms. The van der Waals surface area contributed by atoms with Gasteiger partial charge in [0.2, 0.25) is 0 Å². The molecule has 1 amide bonds. The van der Waals surface area contributed by atoms with Gasteiger partial charge in [-0.1, -0.05) is 17.7 Å². The number of carbonyl (C=O) groups excluding carboxylic acids is 1. The first-order chi connectivity index (χ1) is 13.5. The average Bonchev–Trinajstić information content (AvgIpc) is 2.67. The quantitative estimate of drug-likeness (QED) is 0.548. The summed E-state index contributed by atoms with van der Waals surface area (Å²) >= 11 is 0. The molecule has 1 aromatic carbocycles. The zero-order chi connectivity index (χ0) is 19.9. The fraction of sp³-hybridized carbons (Fsp3) is 0.238. The van der Waals surface area contributed by atoms with Crippen LogP contribution in [0.15, 0.2) is 48.9 Å². The van der Waals surface area contributed by atoms with Gasteiger partial charge >= 0.3 is 0 Å². The molecule has 3 aromatic rings. The second-order valence-corrected chi connectivity index (χ2v) is 6.63. The van der Waals surface area contributed by atoms with E-state index in [0.29, 0.717) is 30.3 Å². The Morgan fingerprint density at radius 2 is 1.61 bits per heavy atom. The van der Waals surface area contributed by atoms with Gasteiger partial charge in [0.1, 0.15) is 23.8 Å². The lowest BCUT2D eigenvalue weighted by Crippen LogP contribution is -2.29. The standard InChI is InChI=1S/C21H24N6O/c1-14-4-5-16(3)17(10-14)21(28)24-9-8-23-18-12-20(26-13-25-18)27-19-11-15(2)6-7-22-19/h4-7,10-13H,8-9H2,1-3H3,(H,24,28)(H2,22,23,25,26,27). The predicted octanol–water partition coefficient (Wildman–Crippen LogP) is 3.38. The van der Waals surface area contributed by atoms with E-state index < -0.39 is 0 Å². The van der Waals surface area contributed by atoms with E-state index >= 15 is 0 Å². The highest BCUT2D eigenvalue weighted by Gasteiger charge is 2.08. The number of hydrogen-bond donors (Lipinski definition) is 3. The number of pyridine rings is 1. The molecule has 7 heteroatoms. The lowest BCUT2D eigenvalue weighted by molar-refractivity contribution is 0.0954. The van der Waals surface area contributed by atoms with E-state index in [4.69, 9.17) is 0 Å². The van der Waals surface area contributed by atoms with Crippen molar-refractivity contribution in [3.05, 3.63) is 71.2 Å². The van der Waals surface area contributed by atoms with Gasteiger partial charge in [-0.2, -0.15) is 0 Å². The van der Waals surface area contributed by atoms with Gasteiger partial charge in [0.15, 0.2) is 0 Å². The summed E-state index contributed by atoms with van der Waals surface area (Å²) < 4.78 is 0. The Kier molecular flexibility index (Phi) is 6.16. The van der Waals surface area contributed by atoms with Crippen LogP contribution in [0.1, 0.15) is 27.0 Å². The molecule has 2 aromatic heterocycles. The highest BCUT2D eigenvalue weighted by molar-refractivity contribution is 5.95. The highest BCUT2D eigenvalue weighted by atomic mass is 16.1. The van der Waals surface area contributed by atoms with Crippen LogP contribution in [0.3, 0.4) is 0 Å². The first kappa shape index (κ1) is 19.3. The largest absolute Gasteiger partial charge is 0.368 e. The molecule has 0 aliphatic carbocycles. The molecule has 0 fully saturated rings. The molecule has 0 radical (unpaired) electrons. The van der Waals surface area contributed by atoms with Crippen LogP contribution in [-0.4, -0.2) is 33.9 Å². The SMILES string of the molecule is Cc1ccnc(Nc2cc(NCCNC(=O)c3cc(C)ccc3C)ncn2)c1. The molecule has 144 valence electrons. The topological polar surface area (TPSA) is 91.8 Å². The predicted molar refractivity (Wildman–Crippen MR) is 111 cm³/mol. The Morgan fingerprint density at radius 1 is 0.857 bits per heavy atom. The van der Waals surface area contributed by atoms with Crippen molar-refractivity contribution >= 4 is 23.4 Å². The van der Waals surface area contributed by atoms with Crippen LogP contribution in [0.25, 0.3) is 0 Å². The van der Waals surface area contributed by atoms with Crippen LogP contribution >= 0.6 is 0 Å². The summed E-state index contributed by atoms with van der Waals surface area (Å²) in [7, 11) is 0. The third kappa shape index (κ3) is 5.26. The monoisotopic (exact) mass is 376 g/mol. The first-order valence-electron chi connectivity index (χ1n) is 9.12. The summed E-state index contributed by atoms with van der Waals surface area (Å²) in [5, 5.41) is 9.27. The fourth-order valence-electron chi connectivity index (χ4n) is 2.70. The normalized spacial score (nSPS) is 10.4. The molecule has 0 atom stereocenters. The van der Waals surface area contributed by atoms with Crippen molar-refractivity contribution in [1.29, 1.82) is 0 Å². The number of aromatic nitrogens is 3. The van der Waals surface area contributed by atoms with Crippen molar-refractivity contribution in [1.82, 2.24) is 20.3 Å². The number of nitrogens with zero attached hydrogens (tertiary/aromatic N) is 3. The molecule has 3 rings (SSSR count). The molecule has 7 nitrogen and oxygen atoms in total. The van der Waals surface area contributed by atoms with E-state index in [1.165, 1.54) is 6.33 Å². The Bertz CT molecular complexity index is 973. The van der Waals surface area contributed by atoms with Gasteiger partial charge in [-0.25, -0.2) is 15.0 Å². The molecule has 0 unspecified atom stereocenters. The lowest BCUT2D eigenvalue weighted by atomic mass is 10.1. The number of amides is 1. The average molecular weight is 376 g/mol. The van der Waals surface area contributed by atoms with Gasteiger partial charge in [0, 0.05) is 30.9 Å². The van der Waals surface area contributed by atoms with Crippen molar-refractivity contribution in [3.8, 4) is 0 Å². The molecule has 0 saturated heterocycles. The smallest absolute Gasteiger partial charge is 0.251 e. The number of nitrogens with one attached hydrogen (secondary N) is 3. The molecule has 2 heterocycles. The van der Waals surface area contributed by atoms with Crippen LogP contribution in [0.2, 0.25) is 0 Å². The zero-order valence-electron chi connectivity index (χ0n) is 16.3. The minimum Gasteiger partial charge on any atom is -0.368 e. The van der Waals surface area contributed by atoms with E-state index in [9.17, 15) is 4.79 Å². The van der Waals surface area contributed by atoms with Gasteiger partial charge in [-0.15, -0.1) is 0 Å². The summed E-state index contributed by atoms with van der Waals surface area (Å²) in [6.07, 6.45) is 3.23. The Hall–Kier alpha value is -3.48. The number of benzene rings is 1. The second kappa shape index (κ2) is 8.94. The highest BCUT2D eigenvalue weighted by Crippen LogP contribution is 2.15. The van der Waals surface area contributed by atoms with Crippen LogP contribution in [0.5, 0.6) is 0 Å². The van der Waals surface area contributed by atoms with E-state index in [0.717, 1.165) is 22.5 Å². The summed E-state index contributed by atoms with van der Waals surface area (Å²) in [5.74, 6) is 1.98. The van der Waals surface area contributed by atoms with Gasteiger partial charge in [0.05, 0.1) is 0 Å². The van der Waals surface area contributed by atoms with Crippen LogP contribution in [0, 0.1) is 20.8 Å². The lowest BCUT2D eigenvalue weighted by Gasteiger charge is -2.10. The number of anilines is 3. The van der Waals surface area contributed by atoms with Crippen molar-refractivity contribution in [2.75, 3.05) is 23.7 Å². The molecule has 0 saturated carbocycles. The summed E-state index contributed by atoms with van der Waals surface area (Å²) in [4.78, 5) is 25.0. The van der Waals surface area contributed by atoms with Gasteiger partial charge in [-0.05, 0) is 50.1 Å². The van der Waals surface area contributed by atoms with Crippen molar-refractivity contribution in [2.24, 2.45) is 0 Å². The van der Waals surface area contributed by atoms with Gasteiger partial charge in [0.25, 0.3) is 5.91 Å². The maximum Gasteiger partial charge on any atom is 0.251 e. The van der Waals surface area contributed by atoms with Gasteiger partial charge in [-0.3, -0.25) is 4.79 Å². The minimum absolute atomic E-state index is 0.0708. The van der Waals surface area contributed by atoms with E-state index in [1.807, 2.05) is 51.1 Å². The van der Waals surface area contributed by atoms with Crippen molar-refractivity contribution in [2.45, 2.75) is 20.8 Å². The Balaban J connectivity index is 1.51. The van der Waals surface area contributed by atoms with Crippen molar-refractivity contribution < 1.29 is 4.79 Å². The maximum atomic E-state index is 12.3. The molecule has 0 bridgehead atoms. The zero-order valence-corrected chi connectivity index (χ0v) is 16.3. The molecular formula is C21H24N6O. The van der Waals surface area contributed by atoms with Gasteiger partial charge < -0.3 is 16.0 Å². The number of aryl methyl sites for hydroxylation is 3. The van der Waals surface area contributed by atoms with Crippen molar-refractivity contribution in [3.63, 3.8) is 0 Å². The number of hydrogen-bond acceptors (Lipinski definition) is 6. The third-order valence-electron chi connectivity index (χ3n) is 4.19. The van der Waals surface area contributed by atoms with E-state index in [2.05, 4.69) is 30.9 Å². The van der Waals surface area contributed by atoms with Crippen LogP contribution in [-0.2, 0) is 0 Å². The summed E-state index contributed by atoms with van der Waals surface area (Å²) in [6.45, 7) is 6.95. The Labute approximate surface area is 164 Å². The summed E-state index contributed by atoms with van der Waals surface area (Å²) in [5.41, 5.74) is 3.86.